The smallest absolute Gasteiger partial charge is 0.414 e. The van der Waals surface area contributed by atoms with E-state index in [0.29, 0.717) is 12.5 Å². The minimum atomic E-state index is -1.82. The van der Waals surface area contributed by atoms with Crippen molar-refractivity contribution in [3.63, 3.8) is 0 Å². The molecule has 2 aliphatic rings. The van der Waals surface area contributed by atoms with Crippen molar-refractivity contribution in [2.75, 3.05) is 47.9 Å². The van der Waals surface area contributed by atoms with Gasteiger partial charge in [0.25, 0.3) is 0 Å². The fourth-order valence-corrected chi connectivity index (χ4v) is 4.27. The van der Waals surface area contributed by atoms with Gasteiger partial charge >= 0.3 is 11.9 Å². The first-order valence-electron chi connectivity index (χ1n) is 10.7. The zero-order valence-electron chi connectivity index (χ0n) is 19.5. The lowest BCUT2D eigenvalue weighted by atomic mass is 9.61. The van der Waals surface area contributed by atoms with Gasteiger partial charge in [-0.1, -0.05) is 23.7 Å². The molecule has 9 nitrogen and oxygen atoms in total. The van der Waals surface area contributed by atoms with Crippen LogP contribution < -0.4 is 0 Å². The average Bonchev–Trinajstić information content (AvgIpc) is 2.92. The van der Waals surface area contributed by atoms with Crippen LogP contribution in [0, 0.1) is 11.3 Å². The van der Waals surface area contributed by atoms with Crippen molar-refractivity contribution in [1.29, 1.82) is 0 Å². The second-order valence-corrected chi connectivity index (χ2v) is 9.23. The lowest BCUT2D eigenvalue weighted by Gasteiger charge is -2.47. The Labute approximate surface area is 185 Å². The summed E-state index contributed by atoms with van der Waals surface area (Å²) in [5.74, 6) is -3.34. The lowest BCUT2D eigenvalue weighted by Crippen LogP contribution is -2.48. The third-order valence-corrected chi connectivity index (χ3v) is 6.37. The molecule has 0 spiro atoms. The fraction of sp³-hybridized carbons (Fsp3) is 0.773. The molecule has 0 amide bonds. The van der Waals surface area contributed by atoms with E-state index >= 15 is 0 Å². The SMILES string of the molecule is CN(C)CC/C=C1\CC[C@]2(C)[C@@H](/C=N/OCCN(C)C)CC[C@]2(O)C1.O=C(O)C(=O)O. The van der Waals surface area contributed by atoms with Gasteiger partial charge in [0.05, 0.1) is 5.60 Å². The predicted octanol–water partition coefficient (Wildman–Crippen LogP) is 1.92. The first-order valence-corrected chi connectivity index (χ1v) is 10.7. The Morgan fingerprint density at radius 1 is 1.13 bits per heavy atom. The lowest BCUT2D eigenvalue weighted by molar-refractivity contribution is -0.159. The van der Waals surface area contributed by atoms with Crippen molar-refractivity contribution in [3.05, 3.63) is 11.6 Å². The minimum Gasteiger partial charge on any atom is -0.473 e. The van der Waals surface area contributed by atoms with Gasteiger partial charge in [0.2, 0.25) is 0 Å². The second-order valence-electron chi connectivity index (χ2n) is 9.23. The number of carboxylic acid groups (broad SMARTS) is 2. The van der Waals surface area contributed by atoms with Crippen molar-refractivity contribution >= 4 is 18.2 Å². The number of likely N-dealkylation sites (N-methyl/N-ethyl adjacent to an activating group) is 1. The number of aliphatic carboxylic acids is 2. The summed E-state index contributed by atoms with van der Waals surface area (Å²) < 4.78 is 0. The molecule has 3 N–H and O–H groups in total. The number of fused-ring (bicyclic) bond motifs is 1. The Morgan fingerprint density at radius 2 is 1.74 bits per heavy atom. The molecule has 0 aromatic carbocycles. The molecule has 3 atom stereocenters. The minimum absolute atomic E-state index is 0.0830. The van der Waals surface area contributed by atoms with E-state index in [4.69, 9.17) is 24.6 Å². The third-order valence-electron chi connectivity index (χ3n) is 6.37. The van der Waals surface area contributed by atoms with Crippen molar-refractivity contribution in [1.82, 2.24) is 9.80 Å². The second kappa shape index (κ2) is 12.2. The van der Waals surface area contributed by atoms with E-state index in [-0.39, 0.29) is 5.41 Å². The molecule has 0 saturated heterocycles. The van der Waals surface area contributed by atoms with Crippen LogP contribution in [-0.2, 0) is 14.4 Å². The van der Waals surface area contributed by atoms with E-state index in [2.05, 4.69) is 42.1 Å². The van der Waals surface area contributed by atoms with Crippen LogP contribution in [0.2, 0.25) is 0 Å². The number of carboxylic acids is 2. The Morgan fingerprint density at radius 3 is 2.29 bits per heavy atom. The summed E-state index contributed by atoms with van der Waals surface area (Å²) in [6.45, 7) is 4.78. The summed E-state index contributed by atoms with van der Waals surface area (Å²) >= 11 is 0. The molecule has 9 heteroatoms. The molecule has 0 heterocycles. The molecule has 178 valence electrons. The van der Waals surface area contributed by atoms with Crippen molar-refractivity contribution in [2.45, 2.75) is 51.0 Å². The summed E-state index contributed by atoms with van der Waals surface area (Å²) in [6, 6.07) is 0. The van der Waals surface area contributed by atoms with Crippen LogP contribution in [0.3, 0.4) is 0 Å². The normalized spacial score (nSPS) is 29.2. The Hall–Kier alpha value is -1.97. The molecule has 0 radical (unpaired) electrons. The predicted molar refractivity (Wildman–Crippen MR) is 119 cm³/mol. The van der Waals surface area contributed by atoms with Gasteiger partial charge in [-0.2, -0.15) is 0 Å². The molecule has 0 unspecified atom stereocenters. The summed E-state index contributed by atoms with van der Waals surface area (Å²) in [6.07, 6.45) is 10.2. The van der Waals surface area contributed by atoms with E-state index in [0.717, 1.165) is 51.6 Å². The number of oxime groups is 1. The van der Waals surface area contributed by atoms with Crippen molar-refractivity contribution in [3.8, 4) is 0 Å². The zero-order valence-corrected chi connectivity index (χ0v) is 19.5. The van der Waals surface area contributed by atoms with E-state index < -0.39 is 17.5 Å². The number of nitrogens with zero attached hydrogens (tertiary/aromatic N) is 3. The fourth-order valence-electron chi connectivity index (χ4n) is 4.27. The Balaban J connectivity index is 0.000000703. The molecular formula is C22H39N3O6. The first-order chi connectivity index (χ1) is 14.4. The van der Waals surface area contributed by atoms with Gasteiger partial charge in [0.1, 0.15) is 6.61 Å². The number of hydrogen-bond acceptors (Lipinski definition) is 7. The molecule has 2 saturated carbocycles. The number of carbonyl (C=O) groups is 2. The molecular weight excluding hydrogens is 402 g/mol. The molecule has 2 rings (SSSR count). The van der Waals surface area contributed by atoms with Crippen LogP contribution in [0.4, 0.5) is 0 Å². The maximum Gasteiger partial charge on any atom is 0.414 e. The van der Waals surface area contributed by atoms with Crippen LogP contribution in [0.25, 0.3) is 0 Å². The Kier molecular flexibility index (Phi) is 10.6. The first kappa shape index (κ1) is 27.1. The van der Waals surface area contributed by atoms with Crippen LogP contribution >= 0.6 is 0 Å². The monoisotopic (exact) mass is 441 g/mol. The highest BCUT2D eigenvalue weighted by Crippen LogP contribution is 2.58. The quantitative estimate of drug-likeness (QED) is 0.172. The van der Waals surface area contributed by atoms with E-state index in [1.807, 2.05) is 20.3 Å². The van der Waals surface area contributed by atoms with Gasteiger partial charge in [0, 0.05) is 30.6 Å². The maximum atomic E-state index is 11.3. The van der Waals surface area contributed by atoms with Crippen LogP contribution in [0.15, 0.2) is 16.8 Å². The standard InChI is InChI=1S/C20H37N3O2.C2H2O4/c1-19-10-8-17(7-6-12-22(2)3)15-20(19,24)11-9-18(19)16-21-25-14-13-23(4)5;3-1(4)2(5)6/h7,16,18,24H,6,8-15H2,1-5H3;(H,3,4)(H,5,6)/b17-7+,21-16+;/t18-,19-,20+;/m1./s1. The van der Waals surface area contributed by atoms with Crippen molar-refractivity contribution < 1.29 is 29.7 Å². The van der Waals surface area contributed by atoms with Gasteiger partial charge in [-0.3, -0.25) is 0 Å². The van der Waals surface area contributed by atoms with Gasteiger partial charge in [-0.25, -0.2) is 9.59 Å². The van der Waals surface area contributed by atoms with Crippen molar-refractivity contribution in [2.24, 2.45) is 16.5 Å². The number of aliphatic hydroxyl groups is 1. The van der Waals surface area contributed by atoms with E-state index in [9.17, 15) is 5.11 Å². The zero-order chi connectivity index (χ0) is 23.7. The van der Waals surface area contributed by atoms with Gasteiger partial charge in [0.15, 0.2) is 0 Å². The maximum absolute atomic E-state index is 11.3. The molecule has 0 aliphatic heterocycles. The molecule has 0 aromatic rings. The summed E-state index contributed by atoms with van der Waals surface area (Å²) in [5, 5.41) is 30.3. The van der Waals surface area contributed by atoms with Gasteiger partial charge in [-0.05, 0) is 66.7 Å². The number of rotatable bonds is 8. The highest BCUT2D eigenvalue weighted by molar-refractivity contribution is 6.27. The highest BCUT2D eigenvalue weighted by Gasteiger charge is 2.57. The molecule has 2 aliphatic carbocycles. The largest absolute Gasteiger partial charge is 0.473 e. The average molecular weight is 442 g/mol. The number of hydrogen-bond donors (Lipinski definition) is 3. The van der Waals surface area contributed by atoms with Crippen LogP contribution in [-0.4, -0.2) is 96.8 Å². The summed E-state index contributed by atoms with van der Waals surface area (Å²) in [4.78, 5) is 27.9. The molecule has 2 fully saturated rings. The van der Waals surface area contributed by atoms with E-state index in [1.54, 1.807) is 0 Å². The molecule has 0 aromatic heterocycles. The van der Waals surface area contributed by atoms with Gasteiger partial charge < -0.3 is 30.0 Å². The van der Waals surface area contributed by atoms with Crippen LogP contribution in [0.5, 0.6) is 0 Å². The van der Waals surface area contributed by atoms with Crippen LogP contribution in [0.1, 0.15) is 45.4 Å². The Bertz CT molecular complexity index is 652. The summed E-state index contributed by atoms with van der Waals surface area (Å²) in [5.41, 5.74) is 0.761. The third kappa shape index (κ3) is 8.23. The topological polar surface area (TPSA) is 123 Å². The van der Waals surface area contributed by atoms with Gasteiger partial charge in [-0.15, -0.1) is 0 Å². The molecule has 0 bridgehead atoms. The summed E-state index contributed by atoms with van der Waals surface area (Å²) in [7, 11) is 8.25. The molecule has 31 heavy (non-hydrogen) atoms. The highest BCUT2D eigenvalue weighted by atomic mass is 16.6. The van der Waals surface area contributed by atoms with E-state index in [1.165, 1.54) is 5.57 Å².